The molecule has 24 heteroatoms. The van der Waals surface area contributed by atoms with Crippen molar-refractivity contribution >= 4 is 87.1 Å². The van der Waals surface area contributed by atoms with E-state index in [0.29, 0.717) is 12.2 Å². The minimum Gasteiger partial charge on any atom is -0.715 e. The summed E-state index contributed by atoms with van der Waals surface area (Å²) in [5.74, 6) is -0.833. The molecule has 374 valence electrons. The number of nitrogens with zero attached hydrogens (tertiary/aromatic N) is 5. The maximum Gasteiger partial charge on any atom is 1.00 e. The zero-order valence-corrected chi connectivity index (χ0v) is 57.8. The molecule has 9 aromatic rings. The van der Waals surface area contributed by atoms with Gasteiger partial charge in [-0.2, -0.15) is 0 Å². The number of carboxylic acid groups (broad SMARTS) is 1. The van der Waals surface area contributed by atoms with Crippen LogP contribution in [0.15, 0.2) is 164 Å². The van der Waals surface area contributed by atoms with Crippen molar-refractivity contribution in [2.24, 2.45) is 21.1 Å². The summed E-state index contributed by atoms with van der Waals surface area (Å²) >= 11 is 0. The van der Waals surface area contributed by atoms with E-state index in [4.69, 9.17) is 36.9 Å². The van der Waals surface area contributed by atoms with Crippen molar-refractivity contribution in [1.82, 2.24) is 13.7 Å². The fourth-order valence-electron chi connectivity index (χ4n) is 7.07. The average molecular weight is 1660 g/mol. The van der Waals surface area contributed by atoms with Crippen LogP contribution in [0.1, 0.15) is 29.8 Å². The van der Waals surface area contributed by atoms with Crippen molar-refractivity contribution < 1.29 is 203 Å². The van der Waals surface area contributed by atoms with Crippen LogP contribution in [0.5, 0.6) is 0 Å². The number of nitrogens with one attached hydrogen (secondary N) is 2. The van der Waals surface area contributed by atoms with Crippen molar-refractivity contribution in [2.75, 3.05) is 22.1 Å². The summed E-state index contributed by atoms with van der Waals surface area (Å²) in [5, 5.41) is 57.1. The fourth-order valence-corrected chi connectivity index (χ4v) is 7.07. The maximum absolute atomic E-state index is 11.0. The number of anilines is 4. The summed E-state index contributed by atoms with van der Waals surface area (Å²) in [6.07, 6.45) is 6.95. The number of carbonyl (C=O) groups excluding carboxylic acids is 1. The van der Waals surface area contributed by atoms with Crippen molar-refractivity contribution in [2.45, 2.75) is 20.0 Å². The fraction of sp³-hybridized carbons (Fsp3) is 0.120. The second kappa shape index (κ2) is 38.8. The Morgan fingerprint density at radius 3 is 1.31 bits per heavy atom. The van der Waals surface area contributed by atoms with E-state index in [0.717, 1.165) is 64.1 Å². The number of nitro benzene ring substituents is 2. The number of benzene rings is 6. The predicted molar refractivity (Wildman–Crippen MR) is 279 cm³/mol. The third-order valence-corrected chi connectivity index (χ3v) is 10.1. The van der Waals surface area contributed by atoms with Crippen LogP contribution in [-0.4, -0.2) is 64.5 Å². The van der Waals surface area contributed by atoms with Crippen LogP contribution >= 0.6 is 0 Å². The number of hydrogen-bond donors (Lipinski definition) is 8. The standard InChI is InChI=1S/C16H15N3O2.C16H17N3.C10H9NO.C6H6N2O2.C2H4O2.3Ac.BHO.Na.H2O2.H2/c1-18-11-12(13-6-2-4-8-15(13)18)10-17-14-7-3-5-9-16(14)19(20)21;1-19-11-12(13-6-2-5-9-16(13)19)10-18-15-8-4-3-7-14(15)17;1-11-6-8(7-12)9-4-2-3-5-10(9)11;7-5-3-1-2-4-6(5)8(9)10;1-2(3)4;;;;1-2;;1-2;/h2-9,11,17H,10H2,1H3;2-9,11,18H,10,17H2,1H3;2-7H,1H3;1-4H,7H2;1H3,(H,3,4);;;;2H;;1-2H;1H/q;;;;;;;;-1;+1;;. The van der Waals surface area contributed by atoms with E-state index in [2.05, 4.69) is 77.5 Å². The van der Waals surface area contributed by atoms with Gasteiger partial charge in [0.15, 0.2) is 6.29 Å². The van der Waals surface area contributed by atoms with Gasteiger partial charge < -0.3 is 54.0 Å². The summed E-state index contributed by atoms with van der Waals surface area (Å²) < 4.78 is 6.17. The molecule has 74 heavy (non-hydrogen) atoms. The number of nitro groups is 2. The largest absolute Gasteiger partial charge is 1.00 e. The Morgan fingerprint density at radius 2 is 0.905 bits per heavy atom. The molecule has 0 unspecified atom stereocenters. The second-order valence-corrected chi connectivity index (χ2v) is 14.8. The van der Waals surface area contributed by atoms with Crippen LogP contribution in [0, 0.1) is 152 Å². The molecule has 0 saturated heterocycles. The first kappa shape index (κ1) is 72.4. The minimum absolute atomic E-state index is 0. The summed E-state index contributed by atoms with van der Waals surface area (Å²) in [7, 11) is 9.51. The van der Waals surface area contributed by atoms with Crippen LogP contribution in [0.4, 0.5) is 34.1 Å². The molecule has 6 aromatic carbocycles. The summed E-state index contributed by atoms with van der Waals surface area (Å²) in [4.78, 5) is 39.9. The maximum atomic E-state index is 11.0. The first-order valence-electron chi connectivity index (χ1n) is 20.9. The van der Waals surface area contributed by atoms with Gasteiger partial charge in [0.1, 0.15) is 11.4 Å². The number of aldehydes is 1. The quantitative estimate of drug-likeness (QED) is 0.0187. The van der Waals surface area contributed by atoms with E-state index in [1.54, 1.807) is 30.3 Å². The number of aliphatic carboxylic acids is 1. The van der Waals surface area contributed by atoms with Crippen molar-refractivity contribution in [3.63, 3.8) is 0 Å². The normalized spacial score (nSPS) is 9.24. The Morgan fingerprint density at radius 1 is 0.581 bits per heavy atom. The number of carbonyl (C=O) groups is 2. The topological polar surface area (TPSA) is 292 Å². The Labute approximate surface area is 560 Å². The van der Waals surface area contributed by atoms with Gasteiger partial charge in [0.05, 0.1) is 21.2 Å². The molecule has 0 spiro atoms. The molecule has 0 fully saturated rings. The van der Waals surface area contributed by atoms with Gasteiger partial charge >= 0.3 is 29.6 Å². The molecule has 3 aromatic heterocycles. The first-order valence-corrected chi connectivity index (χ1v) is 20.9. The van der Waals surface area contributed by atoms with E-state index in [1.807, 2.05) is 91.7 Å². The summed E-state index contributed by atoms with van der Waals surface area (Å²) in [5.41, 5.74) is 20.4. The van der Waals surface area contributed by atoms with E-state index in [-0.39, 0.29) is 185 Å². The molecular formula is C50H56Ac3BN9NaO10. The molecule has 19 nitrogen and oxygen atoms in total. The average Bonchev–Trinajstić information content (AvgIpc) is 4.00. The second-order valence-electron chi connectivity index (χ2n) is 14.8. The van der Waals surface area contributed by atoms with Gasteiger partial charge in [0, 0.05) is 244 Å². The Bertz CT molecular complexity index is 3140. The SMILES string of the molecule is CC(=O)O.Cn1cc(C=O)c2ccccc21.Cn1cc(CNc2ccccc2N)c2ccccc21.Cn1cc(CNc2ccccc2[N+](=O)[O-])c2ccccc21.Nc1ccccc1[N+](=O)[O-].OO.[Ac].[Ac].[Ac].[B-]O.[HH].[Na+]. The Kier molecular flexibility index (Phi) is 38.0. The van der Waals surface area contributed by atoms with Gasteiger partial charge in [-0.3, -0.25) is 40.3 Å². The number of hydrogen-bond acceptors (Lipinski definition) is 13. The molecule has 0 aliphatic carbocycles. The monoisotopic (exact) mass is 1660 g/mol. The Balaban J connectivity index is -0.000000886. The van der Waals surface area contributed by atoms with Gasteiger partial charge in [-0.25, -0.2) is 0 Å². The molecule has 3 heterocycles. The van der Waals surface area contributed by atoms with Crippen molar-refractivity contribution in [3.05, 3.63) is 201 Å². The molecule has 6 radical (unpaired) electrons. The van der Waals surface area contributed by atoms with Crippen molar-refractivity contribution in [1.29, 1.82) is 0 Å². The molecule has 0 aliphatic heterocycles. The number of aryl methyl sites for hydroxylation is 3. The first-order chi connectivity index (χ1) is 33.7. The summed E-state index contributed by atoms with van der Waals surface area (Å²) in [6.45, 7) is 2.40. The third kappa shape index (κ3) is 22.1. The molecule has 0 saturated carbocycles. The van der Waals surface area contributed by atoms with Gasteiger partial charge in [-0.05, 0) is 53.6 Å². The summed E-state index contributed by atoms with van der Waals surface area (Å²) in [6, 6.07) is 45.0. The van der Waals surface area contributed by atoms with Gasteiger partial charge in [0.2, 0.25) is 0 Å². The van der Waals surface area contributed by atoms with Crippen molar-refractivity contribution in [3.8, 4) is 0 Å². The molecule has 9 rings (SSSR count). The van der Waals surface area contributed by atoms with Gasteiger partial charge in [0.25, 0.3) is 17.3 Å². The molecule has 0 amide bonds. The van der Waals surface area contributed by atoms with Crippen LogP contribution in [-0.2, 0) is 39.0 Å². The van der Waals surface area contributed by atoms with Crippen LogP contribution in [0.2, 0.25) is 0 Å². The third-order valence-electron chi connectivity index (χ3n) is 10.1. The predicted octanol–water partition coefficient (Wildman–Crippen LogP) is 6.66. The molecule has 0 aliphatic rings. The number of nitrogens with two attached hydrogens (primary N) is 2. The van der Waals surface area contributed by atoms with Gasteiger partial charge in [-0.15, -0.1) is 0 Å². The Hall–Kier alpha value is -3.65. The van der Waals surface area contributed by atoms with E-state index in [9.17, 15) is 25.0 Å². The number of carboxylic acids is 1. The number of aromatic nitrogens is 3. The zero-order valence-electron chi connectivity index (χ0n) is 41.5. The van der Waals surface area contributed by atoms with E-state index >= 15 is 0 Å². The molecule has 0 atom stereocenters. The zero-order chi connectivity index (χ0) is 51.8. The number of nitrogen functional groups attached to an aromatic ring is 2. The molecule has 10 N–H and O–H groups in total. The number of para-hydroxylation sites is 9. The van der Waals surface area contributed by atoms with Gasteiger partial charge in [-0.1, -0.05) is 91.0 Å². The molecular weight excluding hydrogens is 1600 g/mol. The van der Waals surface area contributed by atoms with Crippen LogP contribution in [0.25, 0.3) is 32.7 Å². The molecule has 0 bridgehead atoms. The van der Waals surface area contributed by atoms with Crippen LogP contribution in [0.3, 0.4) is 0 Å². The smallest absolute Gasteiger partial charge is 0.715 e. The van der Waals surface area contributed by atoms with E-state index < -0.39 is 10.9 Å². The van der Waals surface area contributed by atoms with Crippen LogP contribution < -0.4 is 51.7 Å². The number of fused-ring (bicyclic) bond motifs is 3. The number of rotatable bonds is 9. The minimum atomic E-state index is -0.833. The van der Waals surface area contributed by atoms with E-state index in [1.165, 1.54) is 34.7 Å².